The number of benzene rings is 3. The number of carbonyl (C=O) groups is 4. The van der Waals surface area contributed by atoms with E-state index in [1.54, 1.807) is 42.6 Å². The minimum atomic E-state index is -0.417. The predicted molar refractivity (Wildman–Crippen MR) is 171 cm³/mol. The fourth-order valence-electron chi connectivity index (χ4n) is 5.45. The number of nitrogens with zero attached hydrogens (tertiary/aromatic N) is 2. The first-order valence-electron chi connectivity index (χ1n) is 14.7. The van der Waals surface area contributed by atoms with E-state index in [2.05, 4.69) is 33.1 Å². The summed E-state index contributed by atoms with van der Waals surface area (Å²) >= 11 is 0. The number of aryl methyl sites for hydroxylation is 1. The maximum Gasteiger partial charge on any atom is 0.255 e. The highest BCUT2D eigenvalue weighted by Crippen LogP contribution is 2.32. The molecular weight excluding hydrogens is 554 g/mol. The Morgan fingerprint density at radius 1 is 0.932 bits per heavy atom. The van der Waals surface area contributed by atoms with Crippen LogP contribution >= 0.6 is 0 Å². The van der Waals surface area contributed by atoms with Gasteiger partial charge in [-0.1, -0.05) is 30.3 Å². The summed E-state index contributed by atoms with van der Waals surface area (Å²) in [6, 6.07) is 23.4. The third-order valence-corrected chi connectivity index (χ3v) is 7.69. The number of nitrogens with one attached hydrogen (secondary N) is 3. The van der Waals surface area contributed by atoms with Crippen molar-refractivity contribution in [2.24, 2.45) is 0 Å². The van der Waals surface area contributed by atoms with Gasteiger partial charge in [0.15, 0.2) is 0 Å². The monoisotopic (exact) mass is 589 g/mol. The molecular formula is C35H35N5O4. The lowest BCUT2D eigenvalue weighted by Gasteiger charge is -2.26. The molecule has 3 amide bonds. The average molecular weight is 590 g/mol. The molecule has 1 aliphatic rings. The van der Waals surface area contributed by atoms with Gasteiger partial charge in [-0.05, 0) is 85.8 Å². The van der Waals surface area contributed by atoms with Crippen LogP contribution in [0.5, 0.6) is 0 Å². The Balaban J connectivity index is 1.41. The summed E-state index contributed by atoms with van der Waals surface area (Å²) in [5.41, 5.74) is 5.96. The summed E-state index contributed by atoms with van der Waals surface area (Å²) in [5.74, 6) is -0.969. The average Bonchev–Trinajstić information content (AvgIpc) is 3.05. The molecule has 44 heavy (non-hydrogen) atoms. The van der Waals surface area contributed by atoms with E-state index in [0.717, 1.165) is 30.5 Å². The van der Waals surface area contributed by atoms with Crippen molar-refractivity contribution in [3.8, 4) is 11.3 Å². The van der Waals surface area contributed by atoms with Crippen molar-refractivity contribution in [3.05, 3.63) is 113 Å². The standard InChI is InChI=1S/C35H35N5O4/c1-3-36-27-14-15-31(39-33(42)24-10-6-11-26(20-24)35(44)40(2)18-19-41)29(22-27)32-21-25(16-17-37-32)34(43)38-30-13-7-9-23-8-4-5-12-28(23)30/h4-6,8,10-12,14-17,19-22,30,36H,3,7,9,13,18H2,1-2H3,(H,38,43)(H,39,42)/t30-/m0/s1. The number of pyridine rings is 1. The Morgan fingerprint density at radius 2 is 1.73 bits per heavy atom. The van der Waals surface area contributed by atoms with Crippen LogP contribution in [0.3, 0.4) is 0 Å². The maximum atomic E-state index is 13.4. The van der Waals surface area contributed by atoms with Crippen LogP contribution in [-0.2, 0) is 11.2 Å². The molecule has 4 aromatic rings. The van der Waals surface area contributed by atoms with Crippen LogP contribution in [0.15, 0.2) is 85.1 Å². The van der Waals surface area contributed by atoms with Crippen LogP contribution in [0.2, 0.25) is 0 Å². The Labute approximate surface area is 256 Å². The number of aldehydes is 1. The molecule has 3 aromatic carbocycles. The van der Waals surface area contributed by atoms with E-state index in [-0.39, 0.29) is 30.0 Å². The number of fused-ring (bicyclic) bond motifs is 1. The second-order valence-electron chi connectivity index (χ2n) is 10.7. The number of carbonyl (C=O) groups excluding carboxylic acids is 4. The van der Waals surface area contributed by atoms with Crippen LogP contribution in [0, 0.1) is 0 Å². The van der Waals surface area contributed by atoms with Crippen molar-refractivity contribution in [2.75, 3.05) is 30.8 Å². The molecule has 9 heteroatoms. The van der Waals surface area contributed by atoms with Gasteiger partial charge in [-0.2, -0.15) is 0 Å². The first kappa shape index (κ1) is 30.2. The van der Waals surface area contributed by atoms with Gasteiger partial charge in [0.05, 0.1) is 24.0 Å². The Hall–Kier alpha value is -5.31. The van der Waals surface area contributed by atoms with Crippen molar-refractivity contribution in [1.82, 2.24) is 15.2 Å². The van der Waals surface area contributed by atoms with Crippen LogP contribution in [0.25, 0.3) is 11.3 Å². The molecule has 1 aromatic heterocycles. The van der Waals surface area contributed by atoms with E-state index < -0.39 is 5.91 Å². The largest absolute Gasteiger partial charge is 0.385 e. The minimum Gasteiger partial charge on any atom is -0.385 e. The molecule has 0 unspecified atom stereocenters. The number of hydrogen-bond donors (Lipinski definition) is 3. The van der Waals surface area contributed by atoms with Gasteiger partial charge < -0.3 is 25.6 Å². The number of rotatable bonds is 10. The summed E-state index contributed by atoms with van der Waals surface area (Å²) < 4.78 is 0. The quantitative estimate of drug-likeness (QED) is 0.210. The van der Waals surface area contributed by atoms with Gasteiger partial charge in [0.25, 0.3) is 17.7 Å². The van der Waals surface area contributed by atoms with E-state index in [1.807, 2.05) is 31.2 Å². The minimum absolute atomic E-state index is 0.0468. The maximum absolute atomic E-state index is 13.4. The molecule has 0 fully saturated rings. The highest BCUT2D eigenvalue weighted by molar-refractivity contribution is 6.08. The SMILES string of the molecule is CCNc1ccc(NC(=O)c2cccc(C(=O)N(C)CC=O)c2)c(-c2cc(C(=O)N[C@H]3CCCc4ccccc43)ccn2)c1. The van der Waals surface area contributed by atoms with Gasteiger partial charge in [0, 0.05) is 47.7 Å². The van der Waals surface area contributed by atoms with Gasteiger partial charge in [-0.25, -0.2) is 0 Å². The molecule has 9 nitrogen and oxygen atoms in total. The summed E-state index contributed by atoms with van der Waals surface area (Å²) in [6.45, 7) is 2.64. The predicted octanol–water partition coefficient (Wildman–Crippen LogP) is 5.51. The molecule has 1 aliphatic carbocycles. The third-order valence-electron chi connectivity index (χ3n) is 7.69. The van der Waals surface area contributed by atoms with Crippen molar-refractivity contribution >= 4 is 35.4 Å². The molecule has 1 heterocycles. The number of likely N-dealkylation sites (N-methyl/N-ethyl adjacent to an activating group) is 1. The van der Waals surface area contributed by atoms with Gasteiger partial charge in [-0.3, -0.25) is 19.4 Å². The van der Waals surface area contributed by atoms with Crippen molar-refractivity contribution in [3.63, 3.8) is 0 Å². The van der Waals surface area contributed by atoms with Gasteiger partial charge in [0.2, 0.25) is 0 Å². The van der Waals surface area contributed by atoms with E-state index in [0.29, 0.717) is 40.9 Å². The van der Waals surface area contributed by atoms with Crippen LogP contribution < -0.4 is 16.0 Å². The highest BCUT2D eigenvalue weighted by atomic mass is 16.2. The van der Waals surface area contributed by atoms with E-state index in [4.69, 9.17) is 0 Å². The van der Waals surface area contributed by atoms with Crippen molar-refractivity contribution in [1.29, 1.82) is 0 Å². The third kappa shape index (κ3) is 6.83. The summed E-state index contributed by atoms with van der Waals surface area (Å²) in [7, 11) is 1.52. The lowest BCUT2D eigenvalue weighted by Crippen LogP contribution is -2.31. The first-order valence-corrected chi connectivity index (χ1v) is 14.7. The molecule has 0 spiro atoms. The number of anilines is 2. The molecule has 3 N–H and O–H groups in total. The van der Waals surface area contributed by atoms with E-state index >= 15 is 0 Å². The molecule has 1 atom stereocenters. The van der Waals surface area contributed by atoms with Gasteiger partial charge in [-0.15, -0.1) is 0 Å². The second-order valence-corrected chi connectivity index (χ2v) is 10.7. The van der Waals surface area contributed by atoms with Crippen LogP contribution in [-0.4, -0.2) is 54.0 Å². The van der Waals surface area contributed by atoms with Gasteiger partial charge in [0.1, 0.15) is 6.29 Å². The fourth-order valence-corrected chi connectivity index (χ4v) is 5.45. The molecule has 0 saturated carbocycles. The van der Waals surface area contributed by atoms with Gasteiger partial charge >= 0.3 is 0 Å². The summed E-state index contributed by atoms with van der Waals surface area (Å²) in [6.07, 6.45) is 5.14. The summed E-state index contributed by atoms with van der Waals surface area (Å²) in [4.78, 5) is 56.2. The lowest BCUT2D eigenvalue weighted by molar-refractivity contribution is -0.108. The number of amides is 3. The zero-order valence-electron chi connectivity index (χ0n) is 24.8. The van der Waals surface area contributed by atoms with E-state index in [9.17, 15) is 19.2 Å². The van der Waals surface area contributed by atoms with Crippen LogP contribution in [0.4, 0.5) is 11.4 Å². The second kappa shape index (κ2) is 13.8. The highest BCUT2D eigenvalue weighted by Gasteiger charge is 2.23. The van der Waals surface area contributed by atoms with Crippen LogP contribution in [0.1, 0.15) is 68.0 Å². The molecule has 224 valence electrons. The molecule has 0 bridgehead atoms. The zero-order chi connectivity index (χ0) is 31.1. The normalized spacial score (nSPS) is 13.7. The number of hydrogen-bond acceptors (Lipinski definition) is 6. The van der Waals surface area contributed by atoms with Crippen molar-refractivity contribution < 1.29 is 19.2 Å². The smallest absolute Gasteiger partial charge is 0.255 e. The first-order chi connectivity index (χ1) is 21.4. The Bertz CT molecular complexity index is 1700. The van der Waals surface area contributed by atoms with E-state index in [1.165, 1.54) is 23.6 Å². The Kier molecular flexibility index (Phi) is 9.44. The number of aromatic nitrogens is 1. The zero-order valence-corrected chi connectivity index (χ0v) is 24.8. The summed E-state index contributed by atoms with van der Waals surface area (Å²) in [5, 5.41) is 9.44. The molecule has 0 radical (unpaired) electrons. The fraction of sp³-hybridized carbons (Fsp3) is 0.229. The molecule has 5 rings (SSSR count). The molecule has 0 aliphatic heterocycles. The molecule has 0 saturated heterocycles. The topological polar surface area (TPSA) is 120 Å². The lowest BCUT2D eigenvalue weighted by atomic mass is 9.87. The Morgan fingerprint density at radius 3 is 2.55 bits per heavy atom. The van der Waals surface area contributed by atoms with Crippen molar-refractivity contribution in [2.45, 2.75) is 32.2 Å².